The smallest absolute Gasteiger partial charge is 0.244 e. The van der Waals surface area contributed by atoms with Crippen LogP contribution < -0.4 is 11.5 Å². The van der Waals surface area contributed by atoms with E-state index in [-0.39, 0.29) is 5.91 Å². The quantitative estimate of drug-likeness (QED) is 0.502. The van der Waals surface area contributed by atoms with Crippen LogP contribution in [0.15, 0.2) is 24.3 Å². The summed E-state index contributed by atoms with van der Waals surface area (Å²) in [5, 5.41) is 0. The van der Waals surface area contributed by atoms with Crippen molar-refractivity contribution in [1.29, 1.82) is 0 Å². The number of primary amides is 2. The van der Waals surface area contributed by atoms with Crippen molar-refractivity contribution in [1.82, 2.24) is 0 Å². The van der Waals surface area contributed by atoms with Gasteiger partial charge in [-0.05, 0) is 19.4 Å². The number of amides is 2. The van der Waals surface area contributed by atoms with Gasteiger partial charge < -0.3 is 16.2 Å². The second-order valence-corrected chi connectivity index (χ2v) is 2.64. The molecule has 0 aliphatic carbocycles. The molecule has 0 aliphatic rings. The van der Waals surface area contributed by atoms with E-state index in [1.807, 2.05) is 0 Å². The Kier molecular flexibility index (Phi) is 11.0. The topological polar surface area (TPSA) is 95.4 Å². The molecule has 0 aliphatic heterocycles. The van der Waals surface area contributed by atoms with Crippen LogP contribution in [-0.4, -0.2) is 25.5 Å². The van der Waals surface area contributed by atoms with Crippen LogP contribution in [0.4, 0.5) is 0 Å². The molecule has 0 atom stereocenters. The first kappa shape index (κ1) is 15.8. The number of hydrogen-bond acceptors (Lipinski definition) is 3. The minimum absolute atomic E-state index is 0.365. The first-order valence-electron chi connectivity index (χ1n) is 4.33. The number of nitrogens with two attached hydrogens (primary N) is 2. The zero-order valence-electron chi connectivity index (χ0n) is 9.16. The molecule has 0 aromatic heterocycles. The molecule has 0 aromatic carbocycles. The molecule has 0 rings (SSSR count). The molecule has 0 saturated heterocycles. The van der Waals surface area contributed by atoms with Gasteiger partial charge in [-0.2, -0.15) is 0 Å². The maximum Gasteiger partial charge on any atom is 0.244 e. The predicted octanol–water partition coefficient (Wildman–Crippen LogP) is 0.112. The standard InChI is InChI=1S/C7H13NO2.C3H5NO/c1-6(7(8)9)4-3-5-10-2;1-2-3(4)5/h4H,3,5H2,1-2H3,(H2,8,9);2H,1H2,(H2,4,5). The summed E-state index contributed by atoms with van der Waals surface area (Å²) in [6.45, 7) is 5.41. The summed E-state index contributed by atoms with van der Waals surface area (Å²) in [4.78, 5) is 19.9. The van der Waals surface area contributed by atoms with Crippen LogP contribution >= 0.6 is 0 Å². The first-order valence-corrected chi connectivity index (χ1v) is 4.33. The van der Waals surface area contributed by atoms with Crippen LogP contribution in [0.5, 0.6) is 0 Å². The third-order valence-corrected chi connectivity index (χ3v) is 1.36. The van der Waals surface area contributed by atoms with Gasteiger partial charge in [0.2, 0.25) is 11.8 Å². The summed E-state index contributed by atoms with van der Waals surface area (Å²) < 4.78 is 4.78. The minimum atomic E-state index is -0.481. The highest BCUT2D eigenvalue weighted by atomic mass is 16.5. The van der Waals surface area contributed by atoms with E-state index in [0.717, 1.165) is 12.5 Å². The lowest BCUT2D eigenvalue weighted by Crippen LogP contribution is -2.11. The van der Waals surface area contributed by atoms with Crippen molar-refractivity contribution in [3.05, 3.63) is 24.3 Å². The summed E-state index contributed by atoms with van der Waals surface area (Å²) >= 11 is 0. The van der Waals surface area contributed by atoms with Crippen LogP contribution in [0.3, 0.4) is 0 Å². The second-order valence-electron chi connectivity index (χ2n) is 2.64. The van der Waals surface area contributed by atoms with Gasteiger partial charge in [-0.25, -0.2) is 0 Å². The van der Waals surface area contributed by atoms with Crippen LogP contribution in [0.1, 0.15) is 13.3 Å². The van der Waals surface area contributed by atoms with Crippen LogP contribution in [0.25, 0.3) is 0 Å². The Morgan fingerprint density at radius 2 is 1.87 bits per heavy atom. The molecule has 86 valence electrons. The molecule has 0 unspecified atom stereocenters. The number of hydrogen-bond donors (Lipinski definition) is 2. The average Bonchev–Trinajstić information content (AvgIpc) is 2.18. The van der Waals surface area contributed by atoms with E-state index in [2.05, 4.69) is 12.3 Å². The molecule has 15 heavy (non-hydrogen) atoms. The van der Waals surface area contributed by atoms with Gasteiger partial charge in [0.15, 0.2) is 0 Å². The van der Waals surface area contributed by atoms with E-state index in [0.29, 0.717) is 12.2 Å². The summed E-state index contributed by atoms with van der Waals surface area (Å²) in [6.07, 6.45) is 3.57. The first-order chi connectivity index (χ1) is 6.95. The Morgan fingerprint density at radius 1 is 1.40 bits per heavy atom. The van der Waals surface area contributed by atoms with Crippen LogP contribution in [0, 0.1) is 0 Å². The van der Waals surface area contributed by atoms with Crippen molar-refractivity contribution < 1.29 is 14.3 Å². The number of rotatable bonds is 5. The molecule has 0 heterocycles. The van der Waals surface area contributed by atoms with Crippen molar-refractivity contribution in [3.63, 3.8) is 0 Å². The molecule has 5 nitrogen and oxygen atoms in total. The van der Waals surface area contributed by atoms with Gasteiger partial charge in [0.25, 0.3) is 0 Å². The number of carbonyl (C=O) groups excluding carboxylic acids is 2. The molecule has 5 heteroatoms. The molecule has 4 N–H and O–H groups in total. The Hall–Kier alpha value is -1.62. The van der Waals surface area contributed by atoms with Crippen molar-refractivity contribution in [2.24, 2.45) is 11.5 Å². The van der Waals surface area contributed by atoms with Gasteiger partial charge in [0.05, 0.1) is 0 Å². The molecule has 0 radical (unpaired) electrons. The van der Waals surface area contributed by atoms with Gasteiger partial charge in [0.1, 0.15) is 0 Å². The molecular weight excluding hydrogens is 196 g/mol. The van der Waals surface area contributed by atoms with Gasteiger partial charge >= 0.3 is 0 Å². The van der Waals surface area contributed by atoms with Crippen molar-refractivity contribution in [3.8, 4) is 0 Å². The molecule has 0 aromatic rings. The fourth-order valence-electron chi connectivity index (χ4n) is 0.494. The number of carbonyl (C=O) groups is 2. The summed E-state index contributed by atoms with van der Waals surface area (Å²) in [5.41, 5.74) is 10.1. The van der Waals surface area contributed by atoms with Crippen LogP contribution in [0.2, 0.25) is 0 Å². The zero-order valence-corrected chi connectivity index (χ0v) is 9.16. The van der Waals surface area contributed by atoms with E-state index in [1.54, 1.807) is 20.1 Å². The summed E-state index contributed by atoms with van der Waals surface area (Å²) in [5.74, 6) is -0.846. The monoisotopic (exact) mass is 214 g/mol. The highest BCUT2D eigenvalue weighted by Crippen LogP contribution is 1.93. The average molecular weight is 214 g/mol. The van der Waals surface area contributed by atoms with Crippen molar-refractivity contribution in [2.75, 3.05) is 13.7 Å². The van der Waals surface area contributed by atoms with E-state index >= 15 is 0 Å². The summed E-state index contributed by atoms with van der Waals surface area (Å²) in [7, 11) is 1.62. The SMILES string of the molecule is C=CC(N)=O.COCCC=C(C)C(N)=O. The third-order valence-electron chi connectivity index (χ3n) is 1.36. The largest absolute Gasteiger partial charge is 0.384 e. The lowest BCUT2D eigenvalue weighted by molar-refractivity contribution is -0.115. The Labute approximate surface area is 89.8 Å². The Balaban J connectivity index is 0. The van der Waals surface area contributed by atoms with Gasteiger partial charge in [0, 0.05) is 19.3 Å². The Morgan fingerprint density at radius 3 is 2.13 bits per heavy atom. The van der Waals surface area contributed by atoms with Gasteiger partial charge in [-0.15, -0.1) is 0 Å². The van der Waals surface area contributed by atoms with E-state index in [9.17, 15) is 9.59 Å². The molecule has 0 spiro atoms. The molecule has 2 amide bonds. The van der Waals surface area contributed by atoms with E-state index in [1.165, 1.54) is 0 Å². The lowest BCUT2D eigenvalue weighted by Gasteiger charge is -1.94. The molecule has 0 saturated carbocycles. The molecule has 0 bridgehead atoms. The Bertz CT molecular complexity index is 247. The second kappa shape index (κ2) is 10.5. The highest BCUT2D eigenvalue weighted by Gasteiger charge is 1.93. The van der Waals surface area contributed by atoms with E-state index < -0.39 is 5.91 Å². The maximum atomic E-state index is 10.4. The normalized spacial score (nSPS) is 9.87. The fraction of sp³-hybridized carbons (Fsp3) is 0.400. The maximum absolute atomic E-state index is 10.4. The number of ether oxygens (including phenoxy) is 1. The van der Waals surface area contributed by atoms with E-state index in [4.69, 9.17) is 10.5 Å². The lowest BCUT2D eigenvalue weighted by atomic mass is 10.2. The minimum Gasteiger partial charge on any atom is -0.384 e. The number of methoxy groups -OCH3 is 1. The summed E-state index contributed by atoms with van der Waals surface area (Å²) in [6, 6.07) is 0. The third kappa shape index (κ3) is 15.2. The van der Waals surface area contributed by atoms with Gasteiger partial charge in [-0.3, -0.25) is 9.59 Å². The van der Waals surface area contributed by atoms with Crippen molar-refractivity contribution >= 4 is 11.8 Å². The highest BCUT2D eigenvalue weighted by molar-refractivity contribution is 5.91. The van der Waals surface area contributed by atoms with Crippen molar-refractivity contribution in [2.45, 2.75) is 13.3 Å². The zero-order chi connectivity index (χ0) is 12.3. The molecular formula is C10H18N2O3. The van der Waals surface area contributed by atoms with Gasteiger partial charge in [-0.1, -0.05) is 12.7 Å². The fourth-order valence-corrected chi connectivity index (χ4v) is 0.494. The van der Waals surface area contributed by atoms with Crippen LogP contribution in [-0.2, 0) is 14.3 Å². The predicted molar refractivity (Wildman–Crippen MR) is 58.8 cm³/mol. The molecule has 0 fully saturated rings.